The third-order valence-corrected chi connectivity index (χ3v) is 6.04. The fourth-order valence-electron chi connectivity index (χ4n) is 4.31. The molecule has 0 aliphatic heterocycles. The Labute approximate surface area is 167 Å². The van der Waals surface area contributed by atoms with Gasteiger partial charge in [0.1, 0.15) is 5.75 Å². The quantitative estimate of drug-likeness (QED) is 0.561. The maximum Gasteiger partial charge on any atom is 0.121 e. The standard InChI is InChI=1S/C24H31N3O/c1-4-26(5-2)18-12-10-17(11-13-18)24-23(25)21-15-14-20(28-6-3)16-22(21)27(24)19-8-7-9-19/h10-16,19H,4-9,25H2,1-3H3. The Morgan fingerprint density at radius 3 is 2.32 bits per heavy atom. The summed E-state index contributed by atoms with van der Waals surface area (Å²) in [6, 6.07) is 15.7. The summed E-state index contributed by atoms with van der Waals surface area (Å²) in [5.74, 6) is 0.913. The minimum absolute atomic E-state index is 0.522. The molecule has 4 heteroatoms. The van der Waals surface area contributed by atoms with Crippen molar-refractivity contribution in [2.45, 2.75) is 46.1 Å². The van der Waals surface area contributed by atoms with Crippen molar-refractivity contribution in [3.05, 3.63) is 42.5 Å². The topological polar surface area (TPSA) is 43.4 Å². The van der Waals surface area contributed by atoms with Crippen LogP contribution in [0.2, 0.25) is 0 Å². The van der Waals surface area contributed by atoms with E-state index in [-0.39, 0.29) is 0 Å². The number of benzene rings is 2. The molecule has 0 atom stereocenters. The van der Waals surface area contributed by atoms with Gasteiger partial charge in [0.25, 0.3) is 0 Å². The number of nitrogens with two attached hydrogens (primary N) is 1. The molecule has 1 fully saturated rings. The van der Waals surface area contributed by atoms with Crippen molar-refractivity contribution >= 4 is 22.3 Å². The van der Waals surface area contributed by atoms with Crippen LogP contribution in [0.3, 0.4) is 0 Å². The molecule has 0 spiro atoms. The Kier molecular flexibility index (Phi) is 5.21. The van der Waals surface area contributed by atoms with Crippen molar-refractivity contribution < 1.29 is 4.74 Å². The van der Waals surface area contributed by atoms with Crippen LogP contribution in [-0.4, -0.2) is 24.3 Å². The number of nitrogens with zero attached hydrogens (tertiary/aromatic N) is 2. The molecule has 4 rings (SSSR count). The number of aromatic nitrogens is 1. The summed E-state index contributed by atoms with van der Waals surface area (Å²) < 4.78 is 8.22. The van der Waals surface area contributed by atoms with Gasteiger partial charge >= 0.3 is 0 Å². The summed E-state index contributed by atoms with van der Waals surface area (Å²) in [6.45, 7) is 9.11. The molecule has 2 N–H and O–H groups in total. The van der Waals surface area contributed by atoms with Crippen molar-refractivity contribution in [2.75, 3.05) is 30.3 Å². The first-order valence-electron chi connectivity index (χ1n) is 10.6. The fourth-order valence-corrected chi connectivity index (χ4v) is 4.31. The fraction of sp³-hybridized carbons (Fsp3) is 0.417. The number of nitrogen functional groups attached to an aromatic ring is 1. The number of hydrogen-bond acceptors (Lipinski definition) is 3. The molecule has 28 heavy (non-hydrogen) atoms. The largest absolute Gasteiger partial charge is 0.494 e. The maximum atomic E-state index is 6.69. The van der Waals surface area contributed by atoms with E-state index in [1.165, 1.54) is 36.0 Å². The summed E-state index contributed by atoms with van der Waals surface area (Å²) in [4.78, 5) is 2.36. The van der Waals surface area contributed by atoms with E-state index in [0.717, 1.165) is 35.6 Å². The SMILES string of the molecule is CCOc1ccc2c(N)c(-c3ccc(N(CC)CC)cc3)n(C3CCC3)c2c1. The molecular formula is C24H31N3O. The second kappa shape index (κ2) is 7.78. The first kappa shape index (κ1) is 18.7. The van der Waals surface area contributed by atoms with Crippen LogP contribution in [0.15, 0.2) is 42.5 Å². The lowest BCUT2D eigenvalue weighted by Gasteiger charge is -2.30. The van der Waals surface area contributed by atoms with Crippen LogP contribution in [0.1, 0.15) is 46.1 Å². The second-order valence-corrected chi connectivity index (χ2v) is 7.55. The molecule has 1 saturated carbocycles. The Bertz CT molecular complexity index is 950. The predicted molar refractivity (Wildman–Crippen MR) is 119 cm³/mol. The van der Waals surface area contributed by atoms with Crippen molar-refractivity contribution in [2.24, 2.45) is 0 Å². The monoisotopic (exact) mass is 377 g/mol. The molecule has 0 radical (unpaired) electrons. The summed E-state index contributed by atoms with van der Waals surface area (Å²) in [7, 11) is 0. The summed E-state index contributed by atoms with van der Waals surface area (Å²) >= 11 is 0. The van der Waals surface area contributed by atoms with Gasteiger partial charge in [0.15, 0.2) is 0 Å². The average molecular weight is 378 g/mol. The zero-order valence-electron chi connectivity index (χ0n) is 17.2. The Hall–Kier alpha value is -2.62. The number of anilines is 2. The lowest BCUT2D eigenvalue weighted by atomic mass is 9.92. The minimum Gasteiger partial charge on any atom is -0.494 e. The molecule has 1 aliphatic rings. The van der Waals surface area contributed by atoms with Gasteiger partial charge in [-0.05, 0) is 64.3 Å². The molecule has 1 aliphatic carbocycles. The van der Waals surface area contributed by atoms with Gasteiger partial charge in [-0.15, -0.1) is 0 Å². The first-order valence-corrected chi connectivity index (χ1v) is 10.6. The summed E-state index contributed by atoms with van der Waals surface area (Å²) in [5, 5.41) is 1.12. The summed E-state index contributed by atoms with van der Waals surface area (Å²) in [5.41, 5.74) is 12.4. The number of hydrogen-bond donors (Lipinski definition) is 1. The van der Waals surface area contributed by atoms with Crippen LogP contribution in [0.5, 0.6) is 5.75 Å². The molecule has 0 bridgehead atoms. The number of fused-ring (bicyclic) bond motifs is 1. The van der Waals surface area contributed by atoms with Gasteiger partial charge in [0.2, 0.25) is 0 Å². The molecule has 148 valence electrons. The minimum atomic E-state index is 0.522. The smallest absolute Gasteiger partial charge is 0.121 e. The van der Waals surface area contributed by atoms with E-state index in [2.05, 4.69) is 59.7 Å². The summed E-state index contributed by atoms with van der Waals surface area (Å²) in [6.07, 6.45) is 3.72. The van der Waals surface area contributed by atoms with E-state index in [1.54, 1.807) is 0 Å². The van der Waals surface area contributed by atoms with Gasteiger partial charge in [-0.1, -0.05) is 12.1 Å². The zero-order valence-corrected chi connectivity index (χ0v) is 17.2. The highest BCUT2D eigenvalue weighted by atomic mass is 16.5. The Balaban J connectivity index is 1.84. The molecule has 0 saturated heterocycles. The van der Waals surface area contributed by atoms with Gasteiger partial charge in [-0.3, -0.25) is 0 Å². The highest BCUT2D eigenvalue weighted by Crippen LogP contribution is 2.45. The van der Waals surface area contributed by atoms with Gasteiger partial charge in [-0.25, -0.2) is 0 Å². The Morgan fingerprint density at radius 2 is 1.75 bits per heavy atom. The first-order chi connectivity index (χ1) is 13.7. The third-order valence-electron chi connectivity index (χ3n) is 6.04. The van der Waals surface area contributed by atoms with Crippen molar-refractivity contribution in [3.63, 3.8) is 0 Å². The van der Waals surface area contributed by atoms with Gasteiger partial charge in [0, 0.05) is 41.8 Å². The van der Waals surface area contributed by atoms with Gasteiger partial charge < -0.3 is 19.9 Å². The van der Waals surface area contributed by atoms with Crippen LogP contribution in [-0.2, 0) is 0 Å². The molecule has 3 aromatic rings. The van der Waals surface area contributed by atoms with E-state index >= 15 is 0 Å². The Morgan fingerprint density at radius 1 is 1.04 bits per heavy atom. The van der Waals surface area contributed by atoms with Crippen LogP contribution >= 0.6 is 0 Å². The van der Waals surface area contributed by atoms with Crippen LogP contribution in [0, 0.1) is 0 Å². The average Bonchev–Trinajstić information content (AvgIpc) is 2.94. The van der Waals surface area contributed by atoms with Crippen molar-refractivity contribution in [3.8, 4) is 17.0 Å². The molecule has 0 amide bonds. The van der Waals surface area contributed by atoms with E-state index in [9.17, 15) is 0 Å². The second-order valence-electron chi connectivity index (χ2n) is 7.55. The molecular weight excluding hydrogens is 346 g/mol. The van der Waals surface area contributed by atoms with Crippen molar-refractivity contribution in [1.82, 2.24) is 4.57 Å². The molecule has 0 unspecified atom stereocenters. The number of rotatable bonds is 7. The predicted octanol–water partition coefficient (Wildman–Crippen LogP) is 5.86. The highest BCUT2D eigenvalue weighted by molar-refractivity contribution is 6.01. The van der Waals surface area contributed by atoms with Crippen LogP contribution in [0.4, 0.5) is 11.4 Å². The molecule has 2 aromatic carbocycles. The number of ether oxygens (including phenoxy) is 1. The highest BCUT2D eigenvalue weighted by Gasteiger charge is 2.27. The van der Waals surface area contributed by atoms with Gasteiger partial charge in [-0.2, -0.15) is 0 Å². The van der Waals surface area contributed by atoms with E-state index in [4.69, 9.17) is 10.5 Å². The lowest BCUT2D eigenvalue weighted by molar-refractivity contribution is 0.323. The van der Waals surface area contributed by atoms with Crippen molar-refractivity contribution in [1.29, 1.82) is 0 Å². The van der Waals surface area contributed by atoms with Crippen LogP contribution in [0.25, 0.3) is 22.2 Å². The van der Waals surface area contributed by atoms with E-state index in [1.807, 2.05) is 13.0 Å². The lowest BCUT2D eigenvalue weighted by Crippen LogP contribution is -2.21. The maximum absolute atomic E-state index is 6.69. The normalized spacial score (nSPS) is 14.2. The molecule has 1 aromatic heterocycles. The van der Waals surface area contributed by atoms with Gasteiger partial charge in [0.05, 0.1) is 23.5 Å². The zero-order chi connectivity index (χ0) is 19.7. The van der Waals surface area contributed by atoms with Crippen LogP contribution < -0.4 is 15.4 Å². The molecule has 1 heterocycles. The molecule has 4 nitrogen and oxygen atoms in total. The van der Waals surface area contributed by atoms with E-state index in [0.29, 0.717) is 12.6 Å². The van der Waals surface area contributed by atoms with E-state index < -0.39 is 0 Å². The third kappa shape index (κ3) is 3.11.